The number of alkyl halides is 3. The number of rotatable bonds is 5. The van der Waals surface area contributed by atoms with Gasteiger partial charge in [0.25, 0.3) is 0 Å². The molecule has 0 N–H and O–H groups in total. The lowest BCUT2D eigenvalue weighted by atomic mass is 9.99. The first-order valence-corrected chi connectivity index (χ1v) is 8.35. The summed E-state index contributed by atoms with van der Waals surface area (Å²) in [6.07, 6.45) is -3.52. The first-order chi connectivity index (χ1) is 9.10. The van der Waals surface area contributed by atoms with Gasteiger partial charge in [0, 0.05) is 0 Å². The fourth-order valence-electron chi connectivity index (χ4n) is 1.99. The molecule has 0 radical (unpaired) electrons. The third-order valence-corrected chi connectivity index (χ3v) is 5.21. The molecule has 8 heteroatoms. The van der Waals surface area contributed by atoms with Crippen molar-refractivity contribution in [3.63, 3.8) is 0 Å². The maximum absolute atomic E-state index is 12.2. The Bertz CT molecular complexity index is 416. The summed E-state index contributed by atoms with van der Waals surface area (Å²) in [6.45, 7) is 0.987. The molecule has 0 aromatic heterocycles. The summed E-state index contributed by atoms with van der Waals surface area (Å²) < 4.78 is 63.9. The van der Waals surface area contributed by atoms with E-state index in [-0.39, 0.29) is 24.0 Å². The molecule has 0 spiro atoms. The van der Waals surface area contributed by atoms with Gasteiger partial charge in [-0.1, -0.05) is 6.92 Å². The molecule has 1 aliphatic heterocycles. The van der Waals surface area contributed by atoms with Gasteiger partial charge in [-0.2, -0.15) is 13.2 Å². The van der Waals surface area contributed by atoms with Crippen molar-refractivity contribution in [2.75, 3.05) is 18.1 Å². The molecule has 0 aliphatic carbocycles. The largest absolute Gasteiger partial charge is 0.466 e. The van der Waals surface area contributed by atoms with Crippen LogP contribution in [0.4, 0.5) is 13.2 Å². The lowest BCUT2D eigenvalue weighted by Gasteiger charge is -2.21. The van der Waals surface area contributed by atoms with Crippen LogP contribution < -0.4 is 0 Å². The first-order valence-electron chi connectivity index (χ1n) is 6.53. The van der Waals surface area contributed by atoms with E-state index in [4.69, 9.17) is 4.74 Å². The number of carbonyl (C=O) groups excluding carboxylic acids is 1. The van der Waals surface area contributed by atoms with E-state index in [2.05, 4.69) is 0 Å². The van der Waals surface area contributed by atoms with Crippen molar-refractivity contribution >= 4 is 15.8 Å². The molecule has 0 aromatic rings. The van der Waals surface area contributed by atoms with E-state index >= 15 is 0 Å². The molecule has 4 nitrogen and oxygen atoms in total. The zero-order valence-electron chi connectivity index (χ0n) is 11.3. The number of ether oxygens (including phenoxy) is 1. The highest BCUT2D eigenvalue weighted by molar-refractivity contribution is 7.91. The molecule has 1 rings (SSSR count). The zero-order chi connectivity index (χ0) is 15.4. The van der Waals surface area contributed by atoms with Gasteiger partial charge in [-0.05, 0) is 25.2 Å². The van der Waals surface area contributed by atoms with E-state index in [0.717, 1.165) is 6.92 Å². The van der Waals surface area contributed by atoms with E-state index in [1.165, 1.54) is 0 Å². The highest BCUT2D eigenvalue weighted by atomic mass is 32.2. The van der Waals surface area contributed by atoms with Gasteiger partial charge in [0.05, 0.1) is 30.5 Å². The smallest absolute Gasteiger partial charge is 0.392 e. The predicted molar refractivity (Wildman–Crippen MR) is 66.8 cm³/mol. The molecule has 118 valence electrons. The molecule has 1 unspecified atom stereocenters. The number of sulfone groups is 1. The van der Waals surface area contributed by atoms with Crippen LogP contribution in [0.15, 0.2) is 0 Å². The van der Waals surface area contributed by atoms with E-state index in [1.54, 1.807) is 0 Å². The molecule has 1 heterocycles. The molecule has 0 amide bonds. The lowest BCUT2D eigenvalue weighted by Crippen LogP contribution is -2.25. The van der Waals surface area contributed by atoms with E-state index in [0.29, 0.717) is 19.3 Å². The predicted octanol–water partition coefficient (Wildman–Crippen LogP) is 2.33. The molecule has 1 atom stereocenters. The molecular weight excluding hydrogens is 297 g/mol. The van der Waals surface area contributed by atoms with E-state index in [1.807, 2.05) is 0 Å². The minimum Gasteiger partial charge on any atom is -0.466 e. The van der Waals surface area contributed by atoms with Gasteiger partial charge in [-0.3, -0.25) is 4.79 Å². The third-order valence-electron chi connectivity index (χ3n) is 3.49. The summed E-state index contributed by atoms with van der Waals surface area (Å²) in [6, 6.07) is 0. The molecule has 1 aliphatic rings. The Balaban J connectivity index is 2.20. The standard InChI is InChI=1S/C12H19F3O4S/c1-9(12(13,14)15)8-11(16)19-5-2-10-3-6-20(17,18)7-4-10/h9-10H,2-8H2,1H3. The molecule has 0 aromatic carbocycles. The van der Waals surface area contributed by atoms with Gasteiger partial charge in [-0.15, -0.1) is 0 Å². The minimum atomic E-state index is -4.39. The fourth-order valence-corrected chi connectivity index (χ4v) is 3.58. The Labute approximate surface area is 116 Å². The van der Waals surface area contributed by atoms with Crippen molar-refractivity contribution in [1.29, 1.82) is 0 Å². The zero-order valence-corrected chi connectivity index (χ0v) is 12.1. The first kappa shape index (κ1) is 17.3. The minimum absolute atomic E-state index is 0.0497. The van der Waals surface area contributed by atoms with Crippen LogP contribution in [-0.2, 0) is 19.4 Å². The summed E-state index contributed by atoms with van der Waals surface area (Å²) in [5.74, 6) is -2.15. The van der Waals surface area contributed by atoms with Gasteiger partial charge in [-0.25, -0.2) is 8.42 Å². The monoisotopic (exact) mass is 316 g/mol. The van der Waals surface area contributed by atoms with Gasteiger partial charge in [0.15, 0.2) is 0 Å². The molecule has 1 saturated heterocycles. The van der Waals surface area contributed by atoms with Crippen LogP contribution in [0.5, 0.6) is 0 Å². The van der Waals surface area contributed by atoms with E-state index in [9.17, 15) is 26.4 Å². The van der Waals surface area contributed by atoms with Crippen LogP contribution in [0, 0.1) is 11.8 Å². The number of hydrogen-bond donors (Lipinski definition) is 0. The van der Waals surface area contributed by atoms with Gasteiger partial charge >= 0.3 is 12.1 Å². The molecule has 1 fully saturated rings. The van der Waals surface area contributed by atoms with E-state index < -0.39 is 34.3 Å². The Morgan fingerprint density at radius 3 is 2.35 bits per heavy atom. The Kier molecular flexibility index (Phi) is 5.85. The average Bonchev–Trinajstić information content (AvgIpc) is 2.30. The van der Waals surface area contributed by atoms with Gasteiger partial charge in [0.2, 0.25) is 0 Å². The lowest BCUT2D eigenvalue weighted by molar-refractivity contribution is -0.180. The molecule has 0 bridgehead atoms. The molecule has 20 heavy (non-hydrogen) atoms. The topological polar surface area (TPSA) is 60.4 Å². The van der Waals surface area contributed by atoms with Gasteiger partial charge in [0.1, 0.15) is 9.84 Å². The summed E-state index contributed by atoms with van der Waals surface area (Å²) in [4.78, 5) is 11.2. The summed E-state index contributed by atoms with van der Waals surface area (Å²) in [7, 11) is -2.92. The highest BCUT2D eigenvalue weighted by Crippen LogP contribution is 2.28. The average molecular weight is 316 g/mol. The number of carbonyl (C=O) groups is 1. The second-order valence-corrected chi connectivity index (χ2v) is 7.55. The van der Waals surface area contributed by atoms with Crippen molar-refractivity contribution in [3.05, 3.63) is 0 Å². The van der Waals surface area contributed by atoms with Crippen LogP contribution in [0.25, 0.3) is 0 Å². The van der Waals surface area contributed by atoms with Crippen molar-refractivity contribution in [3.8, 4) is 0 Å². The van der Waals surface area contributed by atoms with Crippen LogP contribution in [0.3, 0.4) is 0 Å². The summed E-state index contributed by atoms with van der Waals surface area (Å²) >= 11 is 0. The number of esters is 1. The highest BCUT2D eigenvalue weighted by Gasteiger charge is 2.37. The fraction of sp³-hybridized carbons (Fsp3) is 0.917. The maximum atomic E-state index is 12.2. The van der Waals surface area contributed by atoms with Crippen LogP contribution in [0.1, 0.15) is 32.6 Å². The second kappa shape index (κ2) is 6.78. The summed E-state index contributed by atoms with van der Waals surface area (Å²) in [5, 5.41) is 0. The Morgan fingerprint density at radius 2 is 1.85 bits per heavy atom. The van der Waals surface area contributed by atoms with Gasteiger partial charge < -0.3 is 4.74 Å². The van der Waals surface area contributed by atoms with Crippen molar-refractivity contribution in [2.45, 2.75) is 38.8 Å². The van der Waals surface area contributed by atoms with Crippen LogP contribution in [0.2, 0.25) is 0 Å². The van der Waals surface area contributed by atoms with Crippen LogP contribution >= 0.6 is 0 Å². The normalized spacial score (nSPS) is 21.4. The van der Waals surface area contributed by atoms with Crippen molar-refractivity contribution in [1.82, 2.24) is 0 Å². The second-order valence-electron chi connectivity index (χ2n) is 5.25. The maximum Gasteiger partial charge on any atom is 0.392 e. The SMILES string of the molecule is CC(CC(=O)OCCC1CCS(=O)(=O)CC1)C(F)(F)F. The molecule has 0 saturated carbocycles. The number of halogens is 3. The third kappa shape index (κ3) is 6.11. The summed E-state index contributed by atoms with van der Waals surface area (Å²) in [5.41, 5.74) is 0. The van der Waals surface area contributed by atoms with Crippen molar-refractivity contribution in [2.24, 2.45) is 11.8 Å². The Hall–Kier alpha value is -0.790. The Morgan fingerprint density at radius 1 is 1.30 bits per heavy atom. The quantitative estimate of drug-likeness (QED) is 0.730. The van der Waals surface area contributed by atoms with Crippen LogP contribution in [-0.4, -0.2) is 38.7 Å². The van der Waals surface area contributed by atoms with Crippen molar-refractivity contribution < 1.29 is 31.1 Å². The number of hydrogen-bond acceptors (Lipinski definition) is 4. The molecular formula is C12H19F3O4S.